The summed E-state index contributed by atoms with van der Waals surface area (Å²) in [4.78, 5) is 6.67. The lowest BCUT2D eigenvalue weighted by molar-refractivity contribution is 0.156. The van der Waals surface area contributed by atoms with Crippen molar-refractivity contribution in [2.24, 2.45) is 0 Å². The number of piperazine rings is 1. The topological polar surface area (TPSA) is 79.5 Å². The fraction of sp³-hybridized carbons (Fsp3) is 0.280. The lowest BCUT2D eigenvalue weighted by Crippen LogP contribution is -2.49. The number of aryl methyl sites for hydroxylation is 1. The highest BCUT2D eigenvalue weighted by Gasteiger charge is 2.33. The maximum atomic E-state index is 13.4. The first-order chi connectivity index (χ1) is 16.6. The van der Waals surface area contributed by atoms with E-state index in [-0.39, 0.29) is 6.04 Å². The molecular weight excluding hydrogens is 468 g/mol. The van der Waals surface area contributed by atoms with Crippen LogP contribution in [0.5, 0.6) is 0 Å². The molecule has 0 saturated carbocycles. The summed E-state index contributed by atoms with van der Waals surface area (Å²) >= 11 is 1.20. The maximum Gasteiger partial charge on any atom is 0.252 e. The molecule has 0 atom stereocenters. The van der Waals surface area contributed by atoms with Crippen molar-refractivity contribution in [1.29, 1.82) is 0 Å². The minimum Gasteiger partial charge on any atom is -0.339 e. The summed E-state index contributed by atoms with van der Waals surface area (Å²) in [7, 11) is -3.59. The molecule has 1 saturated heterocycles. The Bertz CT molecular complexity index is 1290. The lowest BCUT2D eigenvalue weighted by Gasteiger charge is -2.39. The van der Waals surface area contributed by atoms with Crippen LogP contribution in [0.15, 0.2) is 80.8 Å². The average Bonchev–Trinajstić information content (AvgIpc) is 3.56. The van der Waals surface area contributed by atoms with Crippen LogP contribution >= 0.6 is 11.3 Å². The van der Waals surface area contributed by atoms with Crippen molar-refractivity contribution in [1.82, 2.24) is 19.3 Å². The normalized spacial score (nSPS) is 15.7. The standard InChI is InChI=1S/C25H26N4O3S2/c1-2-22-26-25(27-32-22)21-17-23(33-18-21)34(30,31)29-15-13-28(14-16-29)24(19-9-5-3-6-10-19)20-11-7-4-8-12-20/h3-12,17-18,24H,2,13-16H2,1H3. The van der Waals surface area contributed by atoms with E-state index in [1.165, 1.54) is 22.5 Å². The summed E-state index contributed by atoms with van der Waals surface area (Å²) in [6.07, 6.45) is 0.638. The van der Waals surface area contributed by atoms with Crippen molar-refractivity contribution in [2.45, 2.75) is 23.6 Å². The van der Waals surface area contributed by atoms with Gasteiger partial charge in [-0.25, -0.2) is 8.42 Å². The second-order valence-electron chi connectivity index (χ2n) is 8.18. The Kier molecular flexibility index (Phi) is 6.60. The number of sulfonamides is 1. The number of benzene rings is 2. The number of rotatable bonds is 7. The SMILES string of the molecule is CCc1nc(-c2csc(S(=O)(=O)N3CCN(C(c4ccccc4)c4ccccc4)CC3)c2)no1. The van der Waals surface area contributed by atoms with Gasteiger partial charge < -0.3 is 4.52 Å². The van der Waals surface area contributed by atoms with Gasteiger partial charge in [-0.05, 0) is 17.2 Å². The van der Waals surface area contributed by atoms with Crippen LogP contribution in [0.4, 0.5) is 0 Å². The van der Waals surface area contributed by atoms with Crippen LogP contribution in [0.3, 0.4) is 0 Å². The molecule has 0 bridgehead atoms. The van der Waals surface area contributed by atoms with E-state index in [2.05, 4.69) is 39.3 Å². The molecule has 2 aromatic carbocycles. The van der Waals surface area contributed by atoms with Crippen LogP contribution < -0.4 is 0 Å². The van der Waals surface area contributed by atoms with Crippen LogP contribution in [0.2, 0.25) is 0 Å². The molecule has 1 aliphatic heterocycles. The Hall–Kier alpha value is -2.85. The number of hydrogen-bond acceptors (Lipinski definition) is 7. The number of aromatic nitrogens is 2. The van der Waals surface area contributed by atoms with Gasteiger partial charge in [-0.15, -0.1) is 11.3 Å². The molecule has 34 heavy (non-hydrogen) atoms. The first-order valence-electron chi connectivity index (χ1n) is 11.3. The van der Waals surface area contributed by atoms with Gasteiger partial charge in [0.2, 0.25) is 11.7 Å². The van der Waals surface area contributed by atoms with Gasteiger partial charge in [0.15, 0.2) is 0 Å². The van der Waals surface area contributed by atoms with E-state index in [0.717, 1.165) is 0 Å². The Morgan fingerprint density at radius 3 is 2.15 bits per heavy atom. The fourth-order valence-electron chi connectivity index (χ4n) is 4.30. The number of hydrogen-bond donors (Lipinski definition) is 0. The molecule has 0 N–H and O–H groups in total. The molecule has 9 heteroatoms. The molecule has 176 valence electrons. The third-order valence-corrected chi connectivity index (χ3v) is 9.38. The predicted octanol–water partition coefficient (Wildman–Crippen LogP) is 4.46. The molecule has 0 amide bonds. The van der Waals surface area contributed by atoms with Gasteiger partial charge in [-0.2, -0.15) is 9.29 Å². The molecule has 5 rings (SSSR count). The van der Waals surface area contributed by atoms with E-state index in [1.54, 1.807) is 15.8 Å². The van der Waals surface area contributed by atoms with E-state index < -0.39 is 10.0 Å². The molecule has 0 unspecified atom stereocenters. The van der Waals surface area contributed by atoms with Crippen molar-refractivity contribution in [3.63, 3.8) is 0 Å². The van der Waals surface area contributed by atoms with Crippen LogP contribution in [0.25, 0.3) is 11.4 Å². The smallest absolute Gasteiger partial charge is 0.252 e. The molecule has 0 spiro atoms. The Morgan fingerprint density at radius 1 is 0.971 bits per heavy atom. The van der Waals surface area contributed by atoms with E-state index >= 15 is 0 Å². The second kappa shape index (κ2) is 9.79. The van der Waals surface area contributed by atoms with E-state index in [9.17, 15) is 8.42 Å². The van der Waals surface area contributed by atoms with Crippen molar-refractivity contribution in [3.05, 3.63) is 89.1 Å². The summed E-state index contributed by atoms with van der Waals surface area (Å²) in [6.45, 7) is 4.11. The molecule has 0 radical (unpaired) electrons. The van der Waals surface area contributed by atoms with Crippen molar-refractivity contribution in [3.8, 4) is 11.4 Å². The lowest BCUT2D eigenvalue weighted by atomic mass is 9.96. The van der Waals surface area contributed by atoms with Gasteiger partial charge in [0, 0.05) is 43.5 Å². The quantitative estimate of drug-likeness (QED) is 0.378. The first kappa shape index (κ1) is 22.9. The Morgan fingerprint density at radius 2 is 1.59 bits per heavy atom. The molecule has 7 nitrogen and oxygen atoms in total. The van der Waals surface area contributed by atoms with Gasteiger partial charge in [0.1, 0.15) is 4.21 Å². The third kappa shape index (κ3) is 4.56. The molecular formula is C25H26N4O3S2. The highest BCUT2D eigenvalue weighted by Crippen LogP contribution is 2.32. The van der Waals surface area contributed by atoms with Crippen molar-refractivity contribution >= 4 is 21.4 Å². The van der Waals surface area contributed by atoms with Crippen LogP contribution in [0, 0.1) is 0 Å². The summed E-state index contributed by atoms with van der Waals surface area (Å²) in [5.74, 6) is 0.959. The average molecular weight is 495 g/mol. The number of thiophene rings is 1. The summed E-state index contributed by atoms with van der Waals surface area (Å²) in [6, 6.07) is 22.5. The van der Waals surface area contributed by atoms with Gasteiger partial charge in [-0.1, -0.05) is 72.7 Å². The molecule has 0 aliphatic carbocycles. The van der Waals surface area contributed by atoms with Crippen molar-refractivity contribution < 1.29 is 12.9 Å². The van der Waals surface area contributed by atoms with E-state index in [1.807, 2.05) is 43.3 Å². The summed E-state index contributed by atoms with van der Waals surface area (Å²) in [5, 5.41) is 5.73. The Balaban J connectivity index is 1.33. The minimum atomic E-state index is -3.59. The van der Waals surface area contributed by atoms with Crippen LogP contribution in [-0.4, -0.2) is 53.9 Å². The minimum absolute atomic E-state index is 0.0894. The zero-order chi connectivity index (χ0) is 23.5. The first-order valence-corrected chi connectivity index (χ1v) is 13.6. The molecule has 4 aromatic rings. The predicted molar refractivity (Wildman–Crippen MR) is 132 cm³/mol. The molecule has 3 heterocycles. The third-order valence-electron chi connectivity index (χ3n) is 6.07. The largest absolute Gasteiger partial charge is 0.339 e. The summed E-state index contributed by atoms with van der Waals surface area (Å²) < 4.78 is 33.8. The highest BCUT2D eigenvalue weighted by molar-refractivity contribution is 7.91. The number of nitrogens with zero attached hydrogens (tertiary/aromatic N) is 4. The van der Waals surface area contributed by atoms with E-state index in [4.69, 9.17) is 4.52 Å². The molecule has 2 aromatic heterocycles. The second-order valence-corrected chi connectivity index (χ2v) is 11.3. The van der Waals surface area contributed by atoms with Gasteiger partial charge in [0.25, 0.3) is 10.0 Å². The monoisotopic (exact) mass is 494 g/mol. The zero-order valence-electron chi connectivity index (χ0n) is 18.9. The Labute approximate surface area is 203 Å². The van der Waals surface area contributed by atoms with Gasteiger partial charge in [-0.3, -0.25) is 4.90 Å². The van der Waals surface area contributed by atoms with E-state index in [0.29, 0.717) is 54.1 Å². The van der Waals surface area contributed by atoms with Crippen LogP contribution in [-0.2, 0) is 16.4 Å². The highest BCUT2D eigenvalue weighted by atomic mass is 32.2. The van der Waals surface area contributed by atoms with Crippen LogP contribution in [0.1, 0.15) is 30.0 Å². The molecule has 1 aliphatic rings. The zero-order valence-corrected chi connectivity index (χ0v) is 20.5. The van der Waals surface area contributed by atoms with Gasteiger partial charge in [0.05, 0.1) is 6.04 Å². The van der Waals surface area contributed by atoms with Crippen molar-refractivity contribution in [2.75, 3.05) is 26.2 Å². The van der Waals surface area contributed by atoms with Gasteiger partial charge >= 0.3 is 0 Å². The molecule has 1 fully saturated rings. The summed E-state index contributed by atoms with van der Waals surface area (Å²) in [5.41, 5.74) is 3.08. The maximum absolute atomic E-state index is 13.4. The fourth-order valence-corrected chi connectivity index (χ4v) is 7.03.